The summed E-state index contributed by atoms with van der Waals surface area (Å²) in [5, 5.41) is 11.0. The van der Waals surface area contributed by atoms with E-state index < -0.39 is 5.41 Å². The van der Waals surface area contributed by atoms with E-state index in [1.165, 1.54) is 0 Å². The molecule has 0 unspecified atom stereocenters. The molecule has 2 aliphatic carbocycles. The number of carbonyl (C=O) groups is 1. The number of phenolic OH excluding ortho intramolecular Hbond substituents is 1. The quantitative estimate of drug-likeness (QED) is 0.848. The number of nitrogens with zero attached hydrogens (tertiary/aromatic N) is 1. The number of ketones is 1. The van der Waals surface area contributed by atoms with Crippen LogP contribution in [0.25, 0.3) is 0 Å². The highest BCUT2D eigenvalue weighted by molar-refractivity contribution is 5.89. The predicted molar refractivity (Wildman–Crippen MR) is 97.6 cm³/mol. The summed E-state index contributed by atoms with van der Waals surface area (Å²) in [4.78, 5) is 18.0. The molecular weight excluding hydrogens is 314 g/mol. The molecular formula is C21H27NO3. The third-order valence-corrected chi connectivity index (χ3v) is 7.67. The summed E-state index contributed by atoms with van der Waals surface area (Å²) < 4.78 is 5.38. The topological polar surface area (TPSA) is 58.9 Å². The molecule has 1 aromatic carbocycles. The van der Waals surface area contributed by atoms with Crippen molar-refractivity contribution in [2.45, 2.75) is 58.4 Å². The summed E-state index contributed by atoms with van der Waals surface area (Å²) in [6.45, 7) is 8.56. The Morgan fingerprint density at radius 2 is 1.96 bits per heavy atom. The monoisotopic (exact) mass is 341 g/mol. The molecule has 0 saturated heterocycles. The summed E-state index contributed by atoms with van der Waals surface area (Å²) in [5.41, 5.74) is 1.04. The molecule has 2 bridgehead atoms. The molecule has 134 valence electrons. The van der Waals surface area contributed by atoms with E-state index in [0.717, 1.165) is 17.5 Å². The summed E-state index contributed by atoms with van der Waals surface area (Å²) in [7, 11) is 1.57. The van der Waals surface area contributed by atoms with Gasteiger partial charge >= 0.3 is 0 Å². The van der Waals surface area contributed by atoms with Crippen molar-refractivity contribution in [1.82, 2.24) is 0 Å². The molecule has 3 atom stereocenters. The Kier molecular flexibility index (Phi) is 3.23. The fraction of sp³-hybridized carbons (Fsp3) is 0.619. The van der Waals surface area contributed by atoms with Crippen LogP contribution in [-0.2, 0) is 16.6 Å². The Labute approximate surface area is 149 Å². The van der Waals surface area contributed by atoms with Gasteiger partial charge in [0.15, 0.2) is 11.5 Å². The third kappa shape index (κ3) is 1.83. The molecule has 1 aromatic rings. The lowest BCUT2D eigenvalue weighted by atomic mass is 9.40. The summed E-state index contributed by atoms with van der Waals surface area (Å²) in [5.74, 6) is 1.20. The van der Waals surface area contributed by atoms with Gasteiger partial charge in [0.05, 0.1) is 13.2 Å². The number of hydrogen-bond donors (Lipinski definition) is 1. The molecule has 1 aliphatic heterocycles. The highest BCUT2D eigenvalue weighted by Crippen LogP contribution is 2.66. The van der Waals surface area contributed by atoms with Gasteiger partial charge in [0.1, 0.15) is 5.78 Å². The van der Waals surface area contributed by atoms with Gasteiger partial charge in [-0.15, -0.1) is 0 Å². The number of fused-ring (bicyclic) bond motifs is 1. The molecule has 3 aliphatic rings. The van der Waals surface area contributed by atoms with Gasteiger partial charge in [-0.1, -0.05) is 33.8 Å². The Balaban J connectivity index is 2.03. The molecule has 1 fully saturated rings. The molecule has 0 spiro atoms. The molecule has 25 heavy (non-hydrogen) atoms. The lowest BCUT2D eigenvalue weighted by Gasteiger charge is -2.63. The summed E-state index contributed by atoms with van der Waals surface area (Å²) >= 11 is 0. The van der Waals surface area contributed by atoms with E-state index in [9.17, 15) is 9.90 Å². The molecule has 1 N–H and O–H groups in total. The number of methoxy groups -OCH3 is 1. The third-order valence-electron chi connectivity index (χ3n) is 7.67. The normalized spacial score (nSPS) is 34.2. The number of benzene rings is 1. The minimum Gasteiger partial charge on any atom is -0.504 e. The van der Waals surface area contributed by atoms with Crippen molar-refractivity contribution in [2.24, 2.45) is 21.7 Å². The van der Waals surface area contributed by atoms with E-state index in [2.05, 4.69) is 27.7 Å². The molecule has 4 heteroatoms. The van der Waals surface area contributed by atoms with Crippen LogP contribution < -0.4 is 4.74 Å². The van der Waals surface area contributed by atoms with E-state index in [1.54, 1.807) is 7.11 Å². The highest BCUT2D eigenvalue weighted by atomic mass is 16.5. The zero-order chi connectivity index (χ0) is 18.2. The van der Waals surface area contributed by atoms with Gasteiger partial charge in [0.2, 0.25) is 0 Å². The van der Waals surface area contributed by atoms with Gasteiger partial charge in [-0.25, -0.2) is 0 Å². The molecule has 1 heterocycles. The number of hydrogen-bond acceptors (Lipinski definition) is 4. The van der Waals surface area contributed by atoms with Crippen LogP contribution >= 0.6 is 0 Å². The first-order chi connectivity index (χ1) is 11.7. The highest BCUT2D eigenvalue weighted by Gasteiger charge is 2.66. The van der Waals surface area contributed by atoms with E-state index in [4.69, 9.17) is 9.73 Å². The SMILES string of the molecule is COc1ccc2c(c1O)[C@]13CC=N[C@@H](C2)[C@H]1C(C)(C)C(C)(C)C(=O)C3. The van der Waals surface area contributed by atoms with Crippen LogP contribution in [0.1, 0.15) is 51.7 Å². The van der Waals surface area contributed by atoms with E-state index in [1.807, 2.05) is 18.3 Å². The number of rotatable bonds is 1. The smallest absolute Gasteiger partial charge is 0.161 e. The zero-order valence-electron chi connectivity index (χ0n) is 15.7. The summed E-state index contributed by atoms with van der Waals surface area (Å²) in [6, 6.07) is 4.03. The van der Waals surface area contributed by atoms with E-state index >= 15 is 0 Å². The maximum atomic E-state index is 13.2. The van der Waals surface area contributed by atoms with Crippen molar-refractivity contribution >= 4 is 12.0 Å². The van der Waals surface area contributed by atoms with Crippen molar-refractivity contribution in [2.75, 3.05) is 7.11 Å². The average molecular weight is 341 g/mol. The summed E-state index contributed by atoms with van der Waals surface area (Å²) in [6.07, 6.45) is 3.95. The van der Waals surface area contributed by atoms with Crippen LogP contribution in [-0.4, -0.2) is 30.3 Å². The Bertz CT molecular complexity index is 793. The number of aromatic hydroxyl groups is 1. The Morgan fingerprint density at radius 3 is 2.64 bits per heavy atom. The van der Waals surface area contributed by atoms with Gasteiger partial charge in [0.25, 0.3) is 0 Å². The Morgan fingerprint density at radius 1 is 1.24 bits per heavy atom. The van der Waals surface area contributed by atoms with Crippen LogP contribution in [0.15, 0.2) is 17.1 Å². The van der Waals surface area contributed by atoms with Crippen LogP contribution in [0.4, 0.5) is 0 Å². The minimum atomic E-state index is -0.404. The minimum absolute atomic E-state index is 0.163. The predicted octanol–water partition coefficient (Wildman–Crippen LogP) is 3.68. The Hall–Kier alpha value is -1.84. The first-order valence-electron chi connectivity index (χ1n) is 9.11. The molecule has 0 aromatic heterocycles. The van der Waals surface area contributed by atoms with Crippen molar-refractivity contribution < 1.29 is 14.6 Å². The number of carbonyl (C=O) groups excluding carboxylic acids is 1. The molecule has 0 amide bonds. The van der Waals surface area contributed by atoms with Crippen LogP contribution in [0.5, 0.6) is 11.5 Å². The lowest BCUT2D eigenvalue weighted by molar-refractivity contribution is -0.152. The molecule has 4 nitrogen and oxygen atoms in total. The number of Topliss-reactive ketones (excluding diaryl/α,β-unsaturated/α-hetero) is 1. The number of aliphatic imine (C=N–C) groups is 1. The lowest BCUT2D eigenvalue weighted by Crippen LogP contribution is -2.65. The van der Waals surface area contributed by atoms with Gasteiger partial charge in [0, 0.05) is 22.8 Å². The standard InChI is InChI=1S/C21H27NO3/c1-19(2)15(23)11-21-8-9-22-13(18(21)20(19,3)4)10-12-6-7-14(25-5)17(24)16(12)21/h6-7,9,13,18,24H,8,10-11H2,1-5H3/t13-,18-,21+/m0/s1. The van der Waals surface area contributed by atoms with Crippen molar-refractivity contribution in [3.63, 3.8) is 0 Å². The molecule has 0 radical (unpaired) electrons. The number of ether oxygens (including phenoxy) is 1. The molecule has 1 saturated carbocycles. The van der Waals surface area contributed by atoms with Gasteiger partial charge in [-0.3, -0.25) is 9.79 Å². The number of phenols is 1. The maximum absolute atomic E-state index is 13.2. The second kappa shape index (κ2) is 4.87. The van der Waals surface area contributed by atoms with E-state index in [-0.39, 0.29) is 34.3 Å². The van der Waals surface area contributed by atoms with Crippen molar-refractivity contribution in [1.29, 1.82) is 0 Å². The van der Waals surface area contributed by atoms with E-state index in [0.29, 0.717) is 18.6 Å². The van der Waals surface area contributed by atoms with Crippen molar-refractivity contribution in [3.05, 3.63) is 23.3 Å². The first kappa shape index (κ1) is 16.6. The van der Waals surface area contributed by atoms with Crippen LogP contribution in [0.2, 0.25) is 0 Å². The van der Waals surface area contributed by atoms with Gasteiger partial charge in [-0.2, -0.15) is 0 Å². The average Bonchev–Trinajstić information content (AvgIpc) is 2.52. The zero-order valence-corrected chi connectivity index (χ0v) is 15.7. The molecule has 4 rings (SSSR count). The second-order valence-electron chi connectivity index (χ2n) is 9.04. The largest absolute Gasteiger partial charge is 0.504 e. The second-order valence-corrected chi connectivity index (χ2v) is 9.04. The van der Waals surface area contributed by atoms with Gasteiger partial charge in [-0.05, 0) is 42.0 Å². The van der Waals surface area contributed by atoms with Crippen molar-refractivity contribution in [3.8, 4) is 11.5 Å². The first-order valence-corrected chi connectivity index (χ1v) is 9.11. The fourth-order valence-corrected chi connectivity index (χ4v) is 5.79. The maximum Gasteiger partial charge on any atom is 0.161 e. The van der Waals surface area contributed by atoms with Crippen LogP contribution in [0, 0.1) is 16.7 Å². The van der Waals surface area contributed by atoms with Gasteiger partial charge < -0.3 is 9.84 Å². The fourth-order valence-electron chi connectivity index (χ4n) is 5.79. The van der Waals surface area contributed by atoms with Crippen LogP contribution in [0.3, 0.4) is 0 Å².